The van der Waals surface area contributed by atoms with E-state index < -0.39 is 21.6 Å². The van der Waals surface area contributed by atoms with E-state index in [0.717, 1.165) is 10.1 Å². The van der Waals surface area contributed by atoms with Crippen LogP contribution in [0.1, 0.15) is 42.4 Å². The molecule has 0 radical (unpaired) electrons. The SMILES string of the molecule is Cc1ccccc1S(=O)(=O)NCC(=O)N1C[C@]2(C)[C@H]1CN2C(=O)C(CC(C)C)NC(=O)c1cc2ccccc2s1. The highest BCUT2D eigenvalue weighted by Gasteiger charge is 2.64. The van der Waals surface area contributed by atoms with Gasteiger partial charge in [0.25, 0.3) is 5.91 Å². The lowest BCUT2D eigenvalue weighted by atomic mass is 9.71. The van der Waals surface area contributed by atoms with E-state index in [4.69, 9.17) is 0 Å². The number of nitrogens with one attached hydrogen (secondary N) is 2. The van der Waals surface area contributed by atoms with Gasteiger partial charge in [-0.3, -0.25) is 14.4 Å². The van der Waals surface area contributed by atoms with Crippen molar-refractivity contribution in [2.45, 2.75) is 56.6 Å². The molecule has 5 rings (SSSR count). The van der Waals surface area contributed by atoms with E-state index in [2.05, 4.69) is 10.0 Å². The van der Waals surface area contributed by atoms with Gasteiger partial charge < -0.3 is 15.1 Å². The molecule has 2 saturated heterocycles. The Balaban J connectivity index is 1.20. The van der Waals surface area contributed by atoms with Gasteiger partial charge in [0.15, 0.2) is 0 Å². The van der Waals surface area contributed by atoms with Crippen LogP contribution in [0.4, 0.5) is 0 Å². The first-order valence-corrected chi connectivity index (χ1v) is 15.7. The van der Waals surface area contributed by atoms with Gasteiger partial charge in [-0.15, -0.1) is 11.3 Å². The van der Waals surface area contributed by atoms with Crippen molar-refractivity contribution in [1.82, 2.24) is 19.8 Å². The second kappa shape index (κ2) is 10.6. The molecule has 1 unspecified atom stereocenters. The third-order valence-corrected chi connectivity index (χ3v) is 10.6. The van der Waals surface area contributed by atoms with E-state index in [9.17, 15) is 22.8 Å². The van der Waals surface area contributed by atoms with Gasteiger partial charge in [-0.25, -0.2) is 13.1 Å². The molecule has 0 saturated carbocycles. The van der Waals surface area contributed by atoms with Crippen molar-refractivity contribution in [2.75, 3.05) is 19.6 Å². The molecule has 11 heteroatoms. The highest BCUT2D eigenvalue weighted by molar-refractivity contribution is 7.89. The second-order valence-electron chi connectivity index (χ2n) is 11.2. The van der Waals surface area contributed by atoms with E-state index in [0.29, 0.717) is 30.0 Å². The fourth-order valence-electron chi connectivity index (χ4n) is 5.62. The van der Waals surface area contributed by atoms with Crippen LogP contribution < -0.4 is 10.0 Å². The summed E-state index contributed by atoms with van der Waals surface area (Å²) in [6.45, 7) is 7.96. The molecule has 2 fully saturated rings. The number of rotatable bonds is 9. The first-order chi connectivity index (χ1) is 18.9. The molecule has 212 valence electrons. The summed E-state index contributed by atoms with van der Waals surface area (Å²) >= 11 is 1.40. The van der Waals surface area contributed by atoms with E-state index in [1.807, 2.05) is 51.1 Å². The maximum atomic E-state index is 13.6. The summed E-state index contributed by atoms with van der Waals surface area (Å²) in [5.41, 5.74) is 0.0571. The van der Waals surface area contributed by atoms with Gasteiger partial charge in [-0.05, 0) is 55.3 Å². The van der Waals surface area contributed by atoms with Gasteiger partial charge in [0.2, 0.25) is 21.8 Å². The lowest BCUT2D eigenvalue weighted by molar-refractivity contribution is -0.205. The van der Waals surface area contributed by atoms with Crippen molar-refractivity contribution >= 4 is 49.2 Å². The van der Waals surface area contributed by atoms with E-state index >= 15 is 0 Å². The molecule has 2 N–H and O–H groups in total. The quantitative estimate of drug-likeness (QED) is 0.402. The summed E-state index contributed by atoms with van der Waals surface area (Å²) < 4.78 is 28.8. The molecule has 2 aromatic carbocycles. The molecule has 0 bridgehead atoms. The van der Waals surface area contributed by atoms with Gasteiger partial charge in [-0.2, -0.15) is 0 Å². The minimum atomic E-state index is -3.82. The Kier molecular flexibility index (Phi) is 7.49. The average molecular weight is 583 g/mol. The molecule has 3 atom stereocenters. The fraction of sp³-hybridized carbons (Fsp3) is 0.414. The number of thiophene rings is 1. The van der Waals surface area contributed by atoms with Crippen molar-refractivity contribution in [3.63, 3.8) is 0 Å². The van der Waals surface area contributed by atoms with Crippen molar-refractivity contribution in [2.24, 2.45) is 5.92 Å². The molecular weight excluding hydrogens is 548 g/mol. The number of piperazine rings is 1. The van der Waals surface area contributed by atoms with Crippen LogP contribution in [0.3, 0.4) is 0 Å². The van der Waals surface area contributed by atoms with E-state index in [1.54, 1.807) is 34.9 Å². The molecule has 2 aliphatic heterocycles. The zero-order valence-electron chi connectivity index (χ0n) is 23.0. The number of benzene rings is 2. The maximum Gasteiger partial charge on any atom is 0.262 e. The van der Waals surface area contributed by atoms with Crippen molar-refractivity contribution in [3.05, 3.63) is 65.0 Å². The molecular formula is C29H34N4O5S2. The Morgan fingerprint density at radius 2 is 1.80 bits per heavy atom. The van der Waals surface area contributed by atoms with Crippen molar-refractivity contribution < 1.29 is 22.8 Å². The number of hydrogen-bond acceptors (Lipinski definition) is 6. The van der Waals surface area contributed by atoms with Crippen LogP contribution in [0.25, 0.3) is 10.1 Å². The average Bonchev–Trinajstić information content (AvgIpc) is 3.35. The van der Waals surface area contributed by atoms with Crippen LogP contribution in [0.5, 0.6) is 0 Å². The van der Waals surface area contributed by atoms with Gasteiger partial charge >= 0.3 is 0 Å². The molecule has 3 heterocycles. The van der Waals surface area contributed by atoms with Crippen LogP contribution in [0.15, 0.2) is 59.5 Å². The molecule has 0 aliphatic carbocycles. The Morgan fingerprint density at radius 1 is 1.10 bits per heavy atom. The van der Waals surface area contributed by atoms with E-state index in [1.165, 1.54) is 17.4 Å². The Morgan fingerprint density at radius 3 is 2.45 bits per heavy atom. The second-order valence-corrected chi connectivity index (χ2v) is 14.1. The minimum Gasteiger partial charge on any atom is -0.340 e. The normalized spacial score (nSPS) is 21.0. The number of sulfonamides is 1. The Labute approximate surface area is 238 Å². The van der Waals surface area contributed by atoms with Crippen LogP contribution in [0, 0.1) is 12.8 Å². The number of carbonyl (C=O) groups is 3. The third kappa shape index (κ3) is 5.13. The van der Waals surface area contributed by atoms with Gasteiger partial charge in [-0.1, -0.05) is 50.2 Å². The first kappa shape index (κ1) is 28.3. The number of aryl methyl sites for hydroxylation is 1. The van der Waals surface area contributed by atoms with Crippen LogP contribution in [-0.2, 0) is 19.6 Å². The summed E-state index contributed by atoms with van der Waals surface area (Å²) in [5, 5.41) is 3.95. The molecule has 3 aromatic rings. The standard InChI is InChI=1S/C29H34N4O5S2/c1-18(2)13-21(31-27(35)23-14-20-10-6-7-11-22(20)39-23)28(36)33-16-25-29(33,4)17-32(25)26(34)15-30-40(37,38)24-12-8-5-9-19(24)3/h5-12,14,18,21,25,30H,13,15-17H2,1-4H3,(H,31,35)/t21?,25-,29-/m1/s1. The number of hydrogen-bond donors (Lipinski definition) is 2. The number of amides is 3. The molecule has 1 aromatic heterocycles. The molecule has 9 nitrogen and oxygen atoms in total. The van der Waals surface area contributed by atoms with Crippen molar-refractivity contribution in [3.8, 4) is 0 Å². The topological polar surface area (TPSA) is 116 Å². The summed E-state index contributed by atoms with van der Waals surface area (Å²) in [7, 11) is -3.82. The van der Waals surface area contributed by atoms with Crippen LogP contribution >= 0.6 is 11.3 Å². The zero-order valence-corrected chi connectivity index (χ0v) is 24.6. The Hall–Kier alpha value is -3.28. The van der Waals surface area contributed by atoms with Gasteiger partial charge in [0.1, 0.15) is 6.04 Å². The third-order valence-electron chi connectivity index (χ3n) is 7.90. The molecule has 3 amide bonds. The number of nitrogens with zero attached hydrogens (tertiary/aromatic N) is 2. The lowest BCUT2D eigenvalue weighted by Gasteiger charge is -2.69. The Bertz CT molecular complexity index is 1550. The lowest BCUT2D eigenvalue weighted by Crippen LogP contribution is -2.88. The van der Waals surface area contributed by atoms with E-state index in [-0.39, 0.29) is 41.1 Å². The predicted octanol–water partition coefficient (Wildman–Crippen LogP) is 3.14. The number of carbonyl (C=O) groups excluding carboxylic acids is 3. The maximum absolute atomic E-state index is 13.6. The largest absolute Gasteiger partial charge is 0.340 e. The summed E-state index contributed by atoms with van der Waals surface area (Å²) in [6, 6.07) is 15.4. The summed E-state index contributed by atoms with van der Waals surface area (Å²) in [4.78, 5) is 43.7. The predicted molar refractivity (Wildman–Crippen MR) is 155 cm³/mol. The monoisotopic (exact) mass is 582 g/mol. The number of likely N-dealkylation sites (tertiary alicyclic amines) is 2. The molecule has 2 aliphatic rings. The highest BCUT2D eigenvalue weighted by atomic mass is 32.2. The summed E-state index contributed by atoms with van der Waals surface area (Å²) in [6.07, 6.45) is 0.496. The smallest absolute Gasteiger partial charge is 0.262 e. The summed E-state index contributed by atoms with van der Waals surface area (Å²) in [5.74, 6) is -0.575. The molecule has 40 heavy (non-hydrogen) atoms. The van der Waals surface area contributed by atoms with Gasteiger partial charge in [0.05, 0.1) is 27.9 Å². The number of fused-ring (bicyclic) bond motifs is 2. The minimum absolute atomic E-state index is 0.144. The van der Waals surface area contributed by atoms with Gasteiger partial charge in [0, 0.05) is 17.8 Å². The zero-order chi connectivity index (χ0) is 28.8. The molecule has 0 spiro atoms. The first-order valence-electron chi connectivity index (χ1n) is 13.4. The van der Waals surface area contributed by atoms with Crippen molar-refractivity contribution in [1.29, 1.82) is 0 Å². The van der Waals surface area contributed by atoms with Crippen LogP contribution in [0.2, 0.25) is 0 Å². The van der Waals surface area contributed by atoms with Crippen LogP contribution in [-0.4, -0.2) is 73.2 Å². The fourth-order valence-corrected chi connectivity index (χ4v) is 7.80. The highest BCUT2D eigenvalue weighted by Crippen LogP contribution is 2.44.